The van der Waals surface area contributed by atoms with E-state index in [1.165, 1.54) is 24.8 Å². The zero-order valence-electron chi connectivity index (χ0n) is 11.6. The largest absolute Gasteiger partial charge is 0.316 e. The second-order valence-electron chi connectivity index (χ2n) is 6.46. The molecule has 1 aromatic carbocycles. The smallest absolute Gasteiger partial charge is 0.0209 e. The van der Waals surface area contributed by atoms with E-state index in [0.29, 0.717) is 16.9 Å². The summed E-state index contributed by atoms with van der Waals surface area (Å²) in [5, 5.41) is 3.58. The van der Waals surface area contributed by atoms with Crippen molar-refractivity contribution in [3.63, 3.8) is 0 Å². The van der Waals surface area contributed by atoms with Gasteiger partial charge < -0.3 is 5.32 Å². The van der Waals surface area contributed by atoms with Crippen molar-refractivity contribution >= 4 is 0 Å². The summed E-state index contributed by atoms with van der Waals surface area (Å²) < 4.78 is 0. The second kappa shape index (κ2) is 4.45. The summed E-state index contributed by atoms with van der Waals surface area (Å²) in [4.78, 5) is 0. The van der Waals surface area contributed by atoms with Crippen molar-refractivity contribution in [1.82, 2.24) is 5.32 Å². The molecule has 1 N–H and O–H groups in total. The van der Waals surface area contributed by atoms with E-state index in [9.17, 15) is 0 Å². The minimum atomic E-state index is 0.297. The highest BCUT2D eigenvalue weighted by Gasteiger charge is 2.48. The third-order valence-corrected chi connectivity index (χ3v) is 4.30. The molecule has 1 unspecified atom stereocenters. The van der Waals surface area contributed by atoms with E-state index in [2.05, 4.69) is 63.5 Å². The van der Waals surface area contributed by atoms with Gasteiger partial charge in [0.2, 0.25) is 0 Å². The van der Waals surface area contributed by atoms with E-state index in [0.717, 1.165) is 0 Å². The lowest BCUT2D eigenvalue weighted by Gasteiger charge is -2.53. The van der Waals surface area contributed by atoms with E-state index in [1.54, 1.807) is 0 Å². The lowest BCUT2D eigenvalue weighted by molar-refractivity contribution is 0.0952. The Morgan fingerprint density at radius 2 is 1.71 bits per heavy atom. The van der Waals surface area contributed by atoms with Crippen LogP contribution in [0, 0.1) is 5.41 Å². The van der Waals surface area contributed by atoms with Crippen LogP contribution in [0.4, 0.5) is 0 Å². The first-order chi connectivity index (χ1) is 8.00. The van der Waals surface area contributed by atoms with Gasteiger partial charge in [0, 0.05) is 11.5 Å². The van der Waals surface area contributed by atoms with Gasteiger partial charge in [-0.2, -0.15) is 0 Å². The highest BCUT2D eigenvalue weighted by molar-refractivity contribution is 5.31. The molecule has 1 aromatic rings. The molecule has 0 saturated heterocycles. The first-order valence-corrected chi connectivity index (χ1v) is 6.73. The molecule has 1 atom stereocenters. The third-order valence-electron chi connectivity index (χ3n) is 4.30. The summed E-state index contributed by atoms with van der Waals surface area (Å²) >= 11 is 0. The number of likely N-dealkylation sites (N-methyl/N-ethyl adjacent to an activating group) is 1. The highest BCUT2D eigenvalue weighted by Crippen LogP contribution is 2.50. The maximum absolute atomic E-state index is 3.58. The Balaban J connectivity index is 2.38. The summed E-state index contributed by atoms with van der Waals surface area (Å²) in [6.07, 6.45) is 4.00. The Labute approximate surface area is 106 Å². The fourth-order valence-electron chi connectivity index (χ4n) is 3.61. The minimum Gasteiger partial charge on any atom is -0.316 e. The normalized spacial score (nSPS) is 20.7. The molecular weight excluding hydrogens is 206 g/mol. The first kappa shape index (κ1) is 12.6. The molecule has 0 aliphatic heterocycles. The van der Waals surface area contributed by atoms with Crippen LogP contribution < -0.4 is 5.32 Å². The fourth-order valence-corrected chi connectivity index (χ4v) is 3.61. The molecule has 0 amide bonds. The summed E-state index contributed by atoms with van der Waals surface area (Å²) in [7, 11) is 2.11. The maximum atomic E-state index is 3.58. The topological polar surface area (TPSA) is 12.0 Å². The molecule has 17 heavy (non-hydrogen) atoms. The SMILES string of the molecule is CNC(C(C)(C)C)C1(c2ccccc2)CCC1. The quantitative estimate of drug-likeness (QED) is 0.835. The number of hydrogen-bond donors (Lipinski definition) is 1. The molecule has 1 heteroatoms. The Hall–Kier alpha value is -0.820. The van der Waals surface area contributed by atoms with Gasteiger partial charge in [-0.05, 0) is 30.9 Å². The predicted molar refractivity (Wildman–Crippen MR) is 74.3 cm³/mol. The molecule has 0 bridgehead atoms. The lowest BCUT2D eigenvalue weighted by atomic mass is 9.55. The van der Waals surface area contributed by atoms with Gasteiger partial charge in [0.25, 0.3) is 0 Å². The number of rotatable bonds is 3. The van der Waals surface area contributed by atoms with Gasteiger partial charge in [-0.25, -0.2) is 0 Å². The van der Waals surface area contributed by atoms with E-state index in [4.69, 9.17) is 0 Å². The predicted octanol–water partition coefficient (Wildman–Crippen LogP) is 3.74. The molecule has 0 radical (unpaired) electrons. The molecule has 1 aliphatic rings. The summed E-state index contributed by atoms with van der Waals surface area (Å²) in [5.41, 5.74) is 2.17. The monoisotopic (exact) mass is 231 g/mol. The second-order valence-corrected chi connectivity index (χ2v) is 6.46. The van der Waals surface area contributed by atoms with Crippen LogP contribution in [-0.4, -0.2) is 13.1 Å². The zero-order chi connectivity index (χ0) is 12.5. The molecule has 0 aromatic heterocycles. The van der Waals surface area contributed by atoms with Crippen molar-refractivity contribution in [3.8, 4) is 0 Å². The molecule has 1 nitrogen and oxygen atoms in total. The average molecular weight is 231 g/mol. The molecule has 94 valence electrons. The molecule has 1 saturated carbocycles. The Morgan fingerprint density at radius 1 is 1.12 bits per heavy atom. The minimum absolute atomic E-state index is 0.297. The molecule has 0 spiro atoms. The van der Waals surface area contributed by atoms with Crippen LogP contribution in [0.3, 0.4) is 0 Å². The van der Waals surface area contributed by atoms with Gasteiger partial charge in [-0.3, -0.25) is 0 Å². The number of benzene rings is 1. The van der Waals surface area contributed by atoms with Crippen LogP contribution in [0.1, 0.15) is 45.6 Å². The van der Waals surface area contributed by atoms with E-state index < -0.39 is 0 Å². The highest BCUT2D eigenvalue weighted by atomic mass is 14.9. The fraction of sp³-hybridized carbons (Fsp3) is 0.625. The van der Waals surface area contributed by atoms with Gasteiger partial charge in [0.15, 0.2) is 0 Å². The van der Waals surface area contributed by atoms with Crippen LogP contribution >= 0.6 is 0 Å². The first-order valence-electron chi connectivity index (χ1n) is 6.73. The summed E-state index contributed by atoms with van der Waals surface area (Å²) in [6, 6.07) is 11.6. The van der Waals surface area contributed by atoms with Crippen LogP contribution in [-0.2, 0) is 5.41 Å². The molecule has 2 rings (SSSR count). The number of hydrogen-bond acceptors (Lipinski definition) is 1. The zero-order valence-corrected chi connectivity index (χ0v) is 11.6. The molecule has 0 heterocycles. The number of nitrogens with one attached hydrogen (secondary N) is 1. The molecular formula is C16H25N. The molecule has 1 fully saturated rings. The van der Waals surface area contributed by atoms with Crippen LogP contribution in [0.5, 0.6) is 0 Å². The summed E-state index contributed by atoms with van der Waals surface area (Å²) in [5.74, 6) is 0. The Bertz CT molecular complexity index is 357. The van der Waals surface area contributed by atoms with Gasteiger partial charge in [-0.1, -0.05) is 57.5 Å². The van der Waals surface area contributed by atoms with Gasteiger partial charge in [-0.15, -0.1) is 0 Å². The van der Waals surface area contributed by atoms with Crippen molar-refractivity contribution in [3.05, 3.63) is 35.9 Å². The van der Waals surface area contributed by atoms with Crippen molar-refractivity contribution in [2.45, 2.75) is 51.5 Å². The Kier molecular flexibility index (Phi) is 3.31. The van der Waals surface area contributed by atoms with Crippen molar-refractivity contribution < 1.29 is 0 Å². The standard InChI is InChI=1S/C16H25N/c1-15(2,3)14(17-4)16(11-8-12-16)13-9-6-5-7-10-13/h5-7,9-10,14,17H,8,11-12H2,1-4H3. The lowest BCUT2D eigenvalue weighted by Crippen LogP contribution is -2.57. The maximum Gasteiger partial charge on any atom is 0.0209 e. The van der Waals surface area contributed by atoms with Gasteiger partial charge >= 0.3 is 0 Å². The van der Waals surface area contributed by atoms with E-state index in [-0.39, 0.29) is 0 Å². The summed E-state index contributed by atoms with van der Waals surface area (Å²) in [6.45, 7) is 7.03. The average Bonchev–Trinajstić information content (AvgIpc) is 2.22. The van der Waals surface area contributed by atoms with Gasteiger partial charge in [0.05, 0.1) is 0 Å². The van der Waals surface area contributed by atoms with Gasteiger partial charge in [0.1, 0.15) is 0 Å². The van der Waals surface area contributed by atoms with Crippen molar-refractivity contribution in [2.75, 3.05) is 7.05 Å². The van der Waals surface area contributed by atoms with Crippen LogP contribution in [0.2, 0.25) is 0 Å². The van der Waals surface area contributed by atoms with Crippen molar-refractivity contribution in [2.24, 2.45) is 5.41 Å². The molecule has 1 aliphatic carbocycles. The third kappa shape index (κ3) is 2.13. The van der Waals surface area contributed by atoms with E-state index >= 15 is 0 Å². The van der Waals surface area contributed by atoms with Crippen LogP contribution in [0.25, 0.3) is 0 Å². The Morgan fingerprint density at radius 3 is 2.06 bits per heavy atom. The van der Waals surface area contributed by atoms with Crippen LogP contribution in [0.15, 0.2) is 30.3 Å². The van der Waals surface area contributed by atoms with Crippen molar-refractivity contribution in [1.29, 1.82) is 0 Å². The van der Waals surface area contributed by atoms with E-state index in [1.807, 2.05) is 0 Å².